The molecule has 7 heteroatoms. The van der Waals surface area contributed by atoms with Gasteiger partial charge in [-0.05, 0) is 31.7 Å². The van der Waals surface area contributed by atoms with Gasteiger partial charge in [-0.1, -0.05) is 30.3 Å². The fourth-order valence-corrected chi connectivity index (χ4v) is 4.45. The molecule has 7 nitrogen and oxygen atoms in total. The van der Waals surface area contributed by atoms with Crippen LogP contribution in [0.4, 0.5) is 5.69 Å². The first-order valence-corrected chi connectivity index (χ1v) is 11.2. The SMILES string of the molecule is CCNC(=NCC1CCOC1c1ccccc1)NC1CCCN(c2cnn(C)c2)C1. The number of ether oxygens (including phenoxy) is 1. The lowest BCUT2D eigenvalue weighted by atomic mass is 9.95. The van der Waals surface area contributed by atoms with E-state index in [0.717, 1.165) is 51.6 Å². The predicted molar refractivity (Wildman–Crippen MR) is 121 cm³/mol. The van der Waals surface area contributed by atoms with Crippen LogP contribution in [0.15, 0.2) is 47.7 Å². The summed E-state index contributed by atoms with van der Waals surface area (Å²) in [6.45, 7) is 6.60. The van der Waals surface area contributed by atoms with Crippen LogP contribution in [0.3, 0.4) is 0 Å². The van der Waals surface area contributed by atoms with Gasteiger partial charge in [0.2, 0.25) is 0 Å². The van der Waals surface area contributed by atoms with Crippen LogP contribution in [0.2, 0.25) is 0 Å². The van der Waals surface area contributed by atoms with Gasteiger partial charge in [0.1, 0.15) is 0 Å². The van der Waals surface area contributed by atoms with Crippen LogP contribution in [-0.2, 0) is 11.8 Å². The third kappa shape index (κ3) is 5.14. The van der Waals surface area contributed by atoms with Crippen LogP contribution in [-0.4, -0.2) is 54.6 Å². The third-order valence-corrected chi connectivity index (χ3v) is 5.99. The van der Waals surface area contributed by atoms with Gasteiger partial charge in [-0.15, -0.1) is 0 Å². The molecule has 2 aromatic rings. The highest BCUT2D eigenvalue weighted by Gasteiger charge is 2.29. The Morgan fingerprint density at radius 3 is 2.90 bits per heavy atom. The van der Waals surface area contributed by atoms with Crippen molar-refractivity contribution in [1.82, 2.24) is 20.4 Å². The largest absolute Gasteiger partial charge is 0.373 e. The Morgan fingerprint density at radius 2 is 2.13 bits per heavy atom. The lowest BCUT2D eigenvalue weighted by Gasteiger charge is -2.34. The fraction of sp³-hybridized carbons (Fsp3) is 0.565. The molecule has 0 amide bonds. The Hall–Kier alpha value is -2.54. The molecule has 4 rings (SSSR count). The zero-order chi connectivity index (χ0) is 20.8. The van der Waals surface area contributed by atoms with E-state index in [-0.39, 0.29) is 6.10 Å². The summed E-state index contributed by atoms with van der Waals surface area (Å²) in [6, 6.07) is 10.9. The number of piperidine rings is 1. The molecule has 3 unspecified atom stereocenters. The maximum Gasteiger partial charge on any atom is 0.191 e. The van der Waals surface area contributed by atoms with E-state index in [1.807, 2.05) is 17.9 Å². The lowest BCUT2D eigenvalue weighted by Crippen LogP contribution is -2.51. The van der Waals surface area contributed by atoms with Gasteiger partial charge in [-0.3, -0.25) is 9.67 Å². The molecule has 0 spiro atoms. The standard InChI is InChI=1S/C23H34N6O/c1-3-24-23(25-14-19-11-13-30-22(19)18-8-5-4-6-9-18)27-20-10-7-12-29(16-20)21-15-26-28(2)17-21/h4-6,8-9,15,17,19-20,22H,3,7,10-14,16H2,1-2H3,(H2,24,25,27). The third-order valence-electron chi connectivity index (χ3n) is 5.99. The normalized spacial score (nSPS) is 24.8. The summed E-state index contributed by atoms with van der Waals surface area (Å²) in [5.41, 5.74) is 2.45. The molecule has 3 heterocycles. The number of aromatic nitrogens is 2. The van der Waals surface area contributed by atoms with Gasteiger partial charge < -0.3 is 20.3 Å². The first-order chi connectivity index (χ1) is 14.7. The minimum absolute atomic E-state index is 0.147. The molecule has 2 aliphatic heterocycles. The number of nitrogens with one attached hydrogen (secondary N) is 2. The van der Waals surface area contributed by atoms with Crippen LogP contribution in [0.25, 0.3) is 0 Å². The molecule has 2 N–H and O–H groups in total. The van der Waals surface area contributed by atoms with Crippen molar-refractivity contribution in [1.29, 1.82) is 0 Å². The van der Waals surface area contributed by atoms with Crippen molar-refractivity contribution in [3.63, 3.8) is 0 Å². The molecule has 0 aliphatic carbocycles. The molecule has 2 aliphatic rings. The first-order valence-electron chi connectivity index (χ1n) is 11.2. The smallest absolute Gasteiger partial charge is 0.191 e. The highest BCUT2D eigenvalue weighted by atomic mass is 16.5. The monoisotopic (exact) mass is 410 g/mol. The number of guanidine groups is 1. The number of hydrogen-bond acceptors (Lipinski definition) is 4. The lowest BCUT2D eigenvalue weighted by molar-refractivity contribution is 0.0925. The fourth-order valence-electron chi connectivity index (χ4n) is 4.45. The molecule has 3 atom stereocenters. The second-order valence-electron chi connectivity index (χ2n) is 8.27. The van der Waals surface area contributed by atoms with E-state index in [9.17, 15) is 0 Å². The molecule has 0 bridgehead atoms. The number of hydrogen-bond donors (Lipinski definition) is 2. The van der Waals surface area contributed by atoms with E-state index >= 15 is 0 Å². The van der Waals surface area contributed by atoms with E-state index in [0.29, 0.717) is 12.0 Å². The Bertz CT molecular complexity index is 820. The zero-order valence-corrected chi connectivity index (χ0v) is 18.1. The van der Waals surface area contributed by atoms with Crippen molar-refractivity contribution in [3.8, 4) is 0 Å². The molecule has 2 saturated heterocycles. The van der Waals surface area contributed by atoms with Crippen molar-refractivity contribution in [3.05, 3.63) is 48.3 Å². The summed E-state index contributed by atoms with van der Waals surface area (Å²) in [5.74, 6) is 1.33. The first kappa shape index (κ1) is 20.7. The topological polar surface area (TPSA) is 66.7 Å². The van der Waals surface area contributed by atoms with E-state index in [2.05, 4.69) is 64.1 Å². The summed E-state index contributed by atoms with van der Waals surface area (Å²) in [6.07, 6.45) is 7.56. The number of rotatable bonds is 6. The molecule has 0 saturated carbocycles. The summed E-state index contributed by atoms with van der Waals surface area (Å²) in [5, 5.41) is 11.4. The molecule has 0 radical (unpaired) electrons. The quantitative estimate of drug-likeness (QED) is 0.566. The van der Waals surface area contributed by atoms with Crippen molar-refractivity contribution in [2.45, 2.75) is 38.3 Å². The van der Waals surface area contributed by atoms with Crippen LogP contribution in [0.1, 0.15) is 37.9 Å². The van der Waals surface area contributed by atoms with Gasteiger partial charge in [0.15, 0.2) is 5.96 Å². The number of aliphatic imine (C=N–C) groups is 1. The van der Waals surface area contributed by atoms with Crippen molar-refractivity contribution in [2.24, 2.45) is 18.0 Å². The highest BCUT2D eigenvalue weighted by Crippen LogP contribution is 2.34. The molecule has 1 aromatic carbocycles. The number of nitrogens with zero attached hydrogens (tertiary/aromatic N) is 4. The predicted octanol–water partition coefficient (Wildman–Crippen LogP) is 2.72. The Balaban J connectivity index is 1.37. The van der Waals surface area contributed by atoms with Gasteiger partial charge >= 0.3 is 0 Å². The zero-order valence-electron chi connectivity index (χ0n) is 18.1. The maximum atomic E-state index is 6.03. The summed E-state index contributed by atoms with van der Waals surface area (Å²) in [7, 11) is 1.97. The summed E-state index contributed by atoms with van der Waals surface area (Å²) < 4.78 is 7.90. The van der Waals surface area contributed by atoms with E-state index < -0.39 is 0 Å². The average molecular weight is 411 g/mol. The number of aryl methyl sites for hydroxylation is 1. The van der Waals surface area contributed by atoms with Gasteiger partial charge in [0.25, 0.3) is 0 Å². The van der Waals surface area contributed by atoms with Gasteiger partial charge in [-0.25, -0.2) is 0 Å². The highest BCUT2D eigenvalue weighted by molar-refractivity contribution is 5.80. The number of benzene rings is 1. The minimum atomic E-state index is 0.147. The number of anilines is 1. The van der Waals surface area contributed by atoms with Gasteiger partial charge in [-0.2, -0.15) is 5.10 Å². The van der Waals surface area contributed by atoms with Crippen LogP contribution in [0.5, 0.6) is 0 Å². The van der Waals surface area contributed by atoms with Crippen LogP contribution < -0.4 is 15.5 Å². The molecular weight excluding hydrogens is 376 g/mol. The summed E-state index contributed by atoms with van der Waals surface area (Å²) in [4.78, 5) is 7.36. The molecule has 162 valence electrons. The second-order valence-corrected chi connectivity index (χ2v) is 8.27. The molecule has 1 aromatic heterocycles. The van der Waals surface area contributed by atoms with E-state index in [1.165, 1.54) is 17.7 Å². The Kier molecular flexibility index (Phi) is 6.89. The average Bonchev–Trinajstić information content (AvgIpc) is 3.42. The van der Waals surface area contributed by atoms with Crippen molar-refractivity contribution < 1.29 is 4.74 Å². The van der Waals surface area contributed by atoms with Crippen LogP contribution in [0, 0.1) is 5.92 Å². The second kappa shape index (κ2) is 9.98. The van der Waals surface area contributed by atoms with E-state index in [1.54, 1.807) is 0 Å². The van der Waals surface area contributed by atoms with Crippen molar-refractivity contribution in [2.75, 3.05) is 37.7 Å². The minimum Gasteiger partial charge on any atom is -0.373 e. The van der Waals surface area contributed by atoms with Gasteiger partial charge in [0, 0.05) is 58.0 Å². The molecule has 30 heavy (non-hydrogen) atoms. The van der Waals surface area contributed by atoms with Crippen LogP contribution >= 0.6 is 0 Å². The Morgan fingerprint density at radius 1 is 1.27 bits per heavy atom. The molecular formula is C23H34N6O. The van der Waals surface area contributed by atoms with E-state index in [4.69, 9.17) is 9.73 Å². The van der Waals surface area contributed by atoms with Gasteiger partial charge in [0.05, 0.1) is 18.0 Å². The maximum absolute atomic E-state index is 6.03. The Labute approximate surface area is 179 Å². The van der Waals surface area contributed by atoms with Crippen molar-refractivity contribution >= 4 is 11.6 Å². The molecule has 2 fully saturated rings. The summed E-state index contributed by atoms with van der Waals surface area (Å²) >= 11 is 0.